The van der Waals surface area contributed by atoms with Crippen molar-refractivity contribution in [3.8, 4) is 0 Å². The van der Waals surface area contributed by atoms with E-state index in [-0.39, 0.29) is 0 Å². The van der Waals surface area contributed by atoms with Gasteiger partial charge in [0.25, 0.3) is 0 Å². The fourth-order valence-corrected chi connectivity index (χ4v) is 2.49. The number of hydrogen-bond donors (Lipinski definition) is 2. The van der Waals surface area contributed by atoms with E-state index >= 15 is 0 Å². The maximum absolute atomic E-state index is 4.45. The van der Waals surface area contributed by atoms with Crippen molar-refractivity contribution in [1.29, 1.82) is 0 Å². The minimum absolute atomic E-state index is 0.460. The SMILES string of the molecule is Cc1cc2c(NC3CCCCNC3)nccn2n1. The van der Waals surface area contributed by atoms with E-state index in [4.69, 9.17) is 0 Å². The van der Waals surface area contributed by atoms with Crippen LogP contribution in [0.4, 0.5) is 5.82 Å². The lowest BCUT2D eigenvalue weighted by Crippen LogP contribution is -2.31. The van der Waals surface area contributed by atoms with E-state index in [1.54, 1.807) is 6.20 Å². The molecule has 0 spiro atoms. The van der Waals surface area contributed by atoms with Crippen LogP contribution in [0.25, 0.3) is 5.52 Å². The topological polar surface area (TPSA) is 54.2 Å². The molecule has 0 bridgehead atoms. The van der Waals surface area contributed by atoms with Crippen molar-refractivity contribution in [3.63, 3.8) is 0 Å². The van der Waals surface area contributed by atoms with Gasteiger partial charge >= 0.3 is 0 Å². The van der Waals surface area contributed by atoms with Crippen molar-refractivity contribution in [2.45, 2.75) is 32.2 Å². The van der Waals surface area contributed by atoms with Crippen molar-refractivity contribution < 1.29 is 0 Å². The van der Waals surface area contributed by atoms with Gasteiger partial charge in [-0.05, 0) is 32.4 Å². The Kier molecular flexibility index (Phi) is 3.15. The molecule has 1 fully saturated rings. The lowest BCUT2D eigenvalue weighted by molar-refractivity contribution is 0.634. The fraction of sp³-hybridized carbons (Fsp3) is 0.538. The van der Waals surface area contributed by atoms with Crippen LogP contribution in [0.1, 0.15) is 25.0 Å². The predicted molar refractivity (Wildman–Crippen MR) is 71.9 cm³/mol. The summed E-state index contributed by atoms with van der Waals surface area (Å²) in [4.78, 5) is 4.45. The summed E-state index contributed by atoms with van der Waals surface area (Å²) in [5.41, 5.74) is 2.07. The average Bonchev–Trinajstić information content (AvgIpc) is 2.58. The average molecular weight is 245 g/mol. The highest BCUT2D eigenvalue weighted by molar-refractivity contribution is 5.68. The molecule has 1 atom stereocenters. The molecule has 2 N–H and O–H groups in total. The van der Waals surface area contributed by atoms with Gasteiger partial charge in [0.05, 0.1) is 5.69 Å². The lowest BCUT2D eigenvalue weighted by atomic mass is 10.1. The summed E-state index contributed by atoms with van der Waals surface area (Å²) in [6.45, 7) is 4.14. The molecule has 96 valence electrons. The van der Waals surface area contributed by atoms with Gasteiger partial charge in [0.2, 0.25) is 0 Å². The zero-order valence-corrected chi connectivity index (χ0v) is 10.7. The number of aromatic nitrogens is 3. The molecule has 1 aliphatic heterocycles. The van der Waals surface area contributed by atoms with Crippen molar-refractivity contribution in [1.82, 2.24) is 19.9 Å². The third kappa shape index (κ3) is 2.31. The Bertz CT molecular complexity index is 525. The van der Waals surface area contributed by atoms with Crippen molar-refractivity contribution >= 4 is 11.3 Å². The van der Waals surface area contributed by atoms with Gasteiger partial charge in [0.1, 0.15) is 5.52 Å². The van der Waals surface area contributed by atoms with Gasteiger partial charge in [-0.3, -0.25) is 0 Å². The Morgan fingerprint density at radius 1 is 1.44 bits per heavy atom. The zero-order valence-electron chi connectivity index (χ0n) is 10.7. The number of anilines is 1. The van der Waals surface area contributed by atoms with Gasteiger partial charge in [0, 0.05) is 25.0 Å². The van der Waals surface area contributed by atoms with Gasteiger partial charge in [-0.1, -0.05) is 6.42 Å². The van der Waals surface area contributed by atoms with Crippen molar-refractivity contribution in [2.24, 2.45) is 0 Å². The first-order chi connectivity index (χ1) is 8.83. The zero-order chi connectivity index (χ0) is 12.4. The highest BCUT2D eigenvalue weighted by Gasteiger charge is 2.14. The Labute approximate surface area is 107 Å². The van der Waals surface area contributed by atoms with E-state index in [0.717, 1.165) is 30.1 Å². The van der Waals surface area contributed by atoms with Crippen LogP contribution in [0.2, 0.25) is 0 Å². The van der Waals surface area contributed by atoms with Crippen LogP contribution < -0.4 is 10.6 Å². The molecule has 3 rings (SSSR count). The highest BCUT2D eigenvalue weighted by atomic mass is 15.2. The first-order valence-electron chi connectivity index (χ1n) is 6.61. The van der Waals surface area contributed by atoms with Crippen LogP contribution in [-0.2, 0) is 0 Å². The van der Waals surface area contributed by atoms with Gasteiger partial charge in [-0.25, -0.2) is 9.50 Å². The first-order valence-corrected chi connectivity index (χ1v) is 6.61. The minimum atomic E-state index is 0.460. The molecule has 0 radical (unpaired) electrons. The number of nitrogens with zero attached hydrogens (tertiary/aromatic N) is 3. The smallest absolute Gasteiger partial charge is 0.152 e. The molecule has 0 aromatic carbocycles. The number of nitrogens with one attached hydrogen (secondary N) is 2. The van der Waals surface area contributed by atoms with E-state index in [1.807, 2.05) is 17.6 Å². The molecule has 0 amide bonds. The summed E-state index contributed by atoms with van der Waals surface area (Å²) in [5.74, 6) is 0.937. The Hall–Kier alpha value is -1.62. The second-order valence-electron chi connectivity index (χ2n) is 4.93. The Balaban J connectivity index is 1.84. The van der Waals surface area contributed by atoms with Gasteiger partial charge < -0.3 is 10.6 Å². The van der Waals surface area contributed by atoms with E-state index in [9.17, 15) is 0 Å². The van der Waals surface area contributed by atoms with Crippen LogP contribution >= 0.6 is 0 Å². The van der Waals surface area contributed by atoms with E-state index in [2.05, 4.69) is 26.8 Å². The third-order valence-corrected chi connectivity index (χ3v) is 3.40. The van der Waals surface area contributed by atoms with Crippen LogP contribution in [-0.4, -0.2) is 33.7 Å². The molecule has 1 aliphatic rings. The molecule has 3 heterocycles. The molecule has 18 heavy (non-hydrogen) atoms. The summed E-state index contributed by atoms with van der Waals surface area (Å²) in [7, 11) is 0. The molecule has 2 aromatic heterocycles. The van der Waals surface area contributed by atoms with Crippen LogP contribution in [0.15, 0.2) is 18.5 Å². The monoisotopic (exact) mass is 245 g/mol. The summed E-state index contributed by atoms with van der Waals surface area (Å²) in [6.07, 6.45) is 7.42. The predicted octanol–water partition coefficient (Wildman–Crippen LogP) is 1.59. The maximum Gasteiger partial charge on any atom is 0.152 e. The second kappa shape index (κ2) is 4.94. The number of fused-ring (bicyclic) bond motifs is 1. The molecular weight excluding hydrogens is 226 g/mol. The molecule has 1 unspecified atom stereocenters. The number of hydrogen-bond acceptors (Lipinski definition) is 4. The standard InChI is InChI=1S/C13H19N5/c1-10-8-12-13(15-6-7-18(12)17-10)16-11-4-2-3-5-14-9-11/h6-8,11,14H,2-5,9H2,1H3,(H,15,16). The Morgan fingerprint density at radius 3 is 3.33 bits per heavy atom. The maximum atomic E-state index is 4.45. The number of rotatable bonds is 2. The molecule has 5 nitrogen and oxygen atoms in total. The quantitative estimate of drug-likeness (QED) is 0.843. The van der Waals surface area contributed by atoms with Crippen molar-refractivity contribution in [3.05, 3.63) is 24.2 Å². The number of aryl methyl sites for hydroxylation is 1. The molecule has 0 aliphatic carbocycles. The summed E-state index contributed by atoms with van der Waals surface area (Å²) in [6, 6.07) is 2.53. The van der Waals surface area contributed by atoms with Crippen LogP contribution in [0, 0.1) is 6.92 Å². The lowest BCUT2D eigenvalue weighted by Gasteiger charge is -2.17. The molecular formula is C13H19N5. The fourth-order valence-electron chi connectivity index (χ4n) is 2.49. The van der Waals surface area contributed by atoms with E-state index in [0.29, 0.717) is 6.04 Å². The highest BCUT2D eigenvalue weighted by Crippen LogP contribution is 2.17. The molecule has 5 heteroatoms. The molecule has 2 aromatic rings. The second-order valence-corrected chi connectivity index (χ2v) is 4.93. The Morgan fingerprint density at radius 2 is 2.39 bits per heavy atom. The van der Waals surface area contributed by atoms with Crippen LogP contribution in [0.3, 0.4) is 0 Å². The minimum Gasteiger partial charge on any atom is -0.364 e. The van der Waals surface area contributed by atoms with E-state index < -0.39 is 0 Å². The third-order valence-electron chi connectivity index (χ3n) is 3.40. The van der Waals surface area contributed by atoms with Crippen LogP contribution in [0.5, 0.6) is 0 Å². The normalized spacial score (nSPS) is 20.8. The first kappa shape index (κ1) is 11.5. The van der Waals surface area contributed by atoms with Gasteiger partial charge in [-0.15, -0.1) is 0 Å². The van der Waals surface area contributed by atoms with Crippen molar-refractivity contribution in [2.75, 3.05) is 18.4 Å². The summed E-state index contributed by atoms with van der Waals surface area (Å²) in [5, 5.41) is 11.4. The van der Waals surface area contributed by atoms with E-state index in [1.165, 1.54) is 19.3 Å². The van der Waals surface area contributed by atoms with Gasteiger partial charge in [-0.2, -0.15) is 5.10 Å². The van der Waals surface area contributed by atoms with Gasteiger partial charge in [0.15, 0.2) is 5.82 Å². The largest absolute Gasteiger partial charge is 0.364 e. The molecule has 1 saturated heterocycles. The molecule has 0 saturated carbocycles. The summed E-state index contributed by atoms with van der Waals surface area (Å²) >= 11 is 0. The summed E-state index contributed by atoms with van der Waals surface area (Å²) < 4.78 is 1.88.